The van der Waals surface area contributed by atoms with Crippen LogP contribution in [0.2, 0.25) is 0 Å². The summed E-state index contributed by atoms with van der Waals surface area (Å²) in [6.07, 6.45) is 1.11. The minimum atomic E-state index is 0.556. The summed E-state index contributed by atoms with van der Waals surface area (Å²) >= 11 is 0. The third-order valence-electron chi connectivity index (χ3n) is 0.0667. The maximum Gasteiger partial charge on any atom is 0.399 e. The maximum absolute atomic E-state index is 7.44. The highest BCUT2D eigenvalue weighted by Gasteiger charge is 1.66. The number of aldehydes is 2. The molecule has 22 valence electrons. The van der Waals surface area contributed by atoms with E-state index in [1.165, 1.54) is 0 Å². The molecule has 0 fully saturated rings. The molecule has 0 heterocycles. The van der Waals surface area contributed by atoms with E-state index in [9.17, 15) is 0 Å². The molecule has 4 heavy (non-hydrogen) atoms. The van der Waals surface area contributed by atoms with E-state index in [4.69, 9.17) is 9.59 Å². The fraction of sp³-hybridized carbons (Fsp3) is 0. The lowest BCUT2D eigenvalue weighted by Crippen LogP contribution is -1.65. The van der Waals surface area contributed by atoms with Gasteiger partial charge in [0.15, 0.2) is 0 Å². The van der Waals surface area contributed by atoms with Gasteiger partial charge in [-0.15, -0.1) is 0 Å². The average molecular weight is 60.1 g/mol. The second-order valence-corrected chi connectivity index (χ2v) is 0.298. The monoisotopic (exact) mass is 60.0 g/mol. The minimum Gasteiger partial charge on any atom is -0.272 e. The molecule has 0 aliphatic heterocycles. The number of hydrogen-bond donors (Lipinski definition) is 0. The first-order valence-corrected chi connectivity index (χ1v) is 0.850. The lowest BCUT2D eigenvalue weighted by molar-refractivity contribution is 0.673. The van der Waals surface area contributed by atoms with Crippen LogP contribution >= 0.6 is 0 Å². The van der Waals surface area contributed by atoms with E-state index in [0.717, 1.165) is 0 Å². The molecule has 2 heteroatoms. The van der Waals surface area contributed by atoms with E-state index in [-0.39, 0.29) is 0 Å². The molecule has 0 atom stereocenters. The molecule has 0 aliphatic carbocycles. The van der Waals surface area contributed by atoms with Crippen molar-refractivity contribution in [2.45, 2.75) is 0 Å². The highest BCUT2D eigenvalue weighted by atomic mass is 16.2. The van der Waals surface area contributed by atoms with Gasteiger partial charge in [0.05, 0.1) is 0 Å². The van der Waals surface area contributed by atoms with Crippen molar-refractivity contribution in [2.75, 3.05) is 0 Å². The molecule has 0 saturated carbocycles. The Balaban J connectivity index is 2.73. The SMILES string of the molecule is [OH+]=CC=[OH+]. The summed E-state index contributed by atoms with van der Waals surface area (Å²) in [4.78, 5) is 14.9. The van der Waals surface area contributed by atoms with E-state index < -0.39 is 0 Å². The normalized spacial score (nSPS) is 5.00. The van der Waals surface area contributed by atoms with Gasteiger partial charge in [-0.3, -0.25) is 9.59 Å². The van der Waals surface area contributed by atoms with Crippen molar-refractivity contribution in [3.05, 3.63) is 0 Å². The van der Waals surface area contributed by atoms with Crippen LogP contribution in [0.1, 0.15) is 0 Å². The zero-order valence-corrected chi connectivity index (χ0v) is 2.05. The van der Waals surface area contributed by atoms with Crippen molar-refractivity contribution in [3.63, 3.8) is 0 Å². The van der Waals surface area contributed by atoms with Gasteiger partial charge in [-0.1, -0.05) is 0 Å². The summed E-state index contributed by atoms with van der Waals surface area (Å²) in [6, 6.07) is 0. The van der Waals surface area contributed by atoms with Crippen molar-refractivity contribution in [2.24, 2.45) is 0 Å². The van der Waals surface area contributed by atoms with Crippen LogP contribution in [0.3, 0.4) is 0 Å². The zero-order chi connectivity index (χ0) is 3.41. The second kappa shape index (κ2) is 2.34. The molecule has 0 spiro atoms. The lowest BCUT2D eigenvalue weighted by atomic mass is 10.9. The Bertz CT molecular complexity index is 25.0. The van der Waals surface area contributed by atoms with Gasteiger partial charge >= 0.3 is 12.6 Å². The van der Waals surface area contributed by atoms with E-state index in [1.54, 1.807) is 0 Å². The molecular formula is C2H4O2+2. The molecule has 0 aliphatic rings. The Labute approximate surface area is 23.4 Å². The zero-order valence-electron chi connectivity index (χ0n) is 2.05. The quantitative estimate of drug-likeness (QED) is 0.219. The Morgan fingerprint density at radius 3 is 1.25 bits per heavy atom. The molecule has 0 bridgehead atoms. The van der Waals surface area contributed by atoms with Gasteiger partial charge in [-0.2, -0.15) is 0 Å². The van der Waals surface area contributed by atoms with Crippen molar-refractivity contribution < 1.29 is 9.59 Å². The van der Waals surface area contributed by atoms with Gasteiger partial charge in [0, 0.05) is 0 Å². The first kappa shape index (κ1) is 3.34. The highest BCUT2D eigenvalue weighted by molar-refractivity contribution is 6.10. The van der Waals surface area contributed by atoms with Gasteiger partial charge < -0.3 is 0 Å². The summed E-state index contributed by atoms with van der Waals surface area (Å²) in [5.41, 5.74) is 0. The highest BCUT2D eigenvalue weighted by Crippen LogP contribution is 1.09. The minimum absolute atomic E-state index is 0.556. The molecule has 0 radical (unpaired) electrons. The summed E-state index contributed by atoms with van der Waals surface area (Å²) in [5, 5.41) is 0. The van der Waals surface area contributed by atoms with E-state index in [1.807, 2.05) is 0 Å². The van der Waals surface area contributed by atoms with Gasteiger partial charge in [0.25, 0.3) is 0 Å². The molecule has 0 aromatic carbocycles. The van der Waals surface area contributed by atoms with Crippen molar-refractivity contribution in [1.82, 2.24) is 0 Å². The molecule has 0 aromatic heterocycles. The number of hydrogen-bond acceptors (Lipinski definition) is 0. The van der Waals surface area contributed by atoms with E-state index >= 15 is 0 Å². The molecule has 0 rings (SSSR count). The van der Waals surface area contributed by atoms with Gasteiger partial charge in [0.2, 0.25) is 0 Å². The van der Waals surface area contributed by atoms with Crippen LogP contribution in [0.25, 0.3) is 0 Å². The topological polar surface area (TPSA) is 42.8 Å². The molecule has 2 N–H and O–H groups in total. The average Bonchev–Trinajstić information content (AvgIpc) is 1.37. The molecule has 0 unspecified atom stereocenters. The Morgan fingerprint density at radius 2 is 1.25 bits per heavy atom. The van der Waals surface area contributed by atoms with Crippen molar-refractivity contribution in [1.29, 1.82) is 0 Å². The lowest BCUT2D eigenvalue weighted by Gasteiger charge is -1.16. The maximum atomic E-state index is 7.44. The third-order valence-corrected chi connectivity index (χ3v) is 0.0667. The van der Waals surface area contributed by atoms with E-state index in [0.29, 0.717) is 12.6 Å². The van der Waals surface area contributed by atoms with Gasteiger partial charge in [-0.25, -0.2) is 0 Å². The fourth-order valence-corrected chi connectivity index (χ4v) is 0. The predicted octanol–water partition coefficient (Wildman–Crippen LogP) is -0.664. The largest absolute Gasteiger partial charge is 0.399 e. The summed E-state index contributed by atoms with van der Waals surface area (Å²) in [6.45, 7) is 0. The van der Waals surface area contributed by atoms with Gasteiger partial charge in [0.1, 0.15) is 0 Å². The molecular weight excluding hydrogens is 56.0 g/mol. The first-order valence-electron chi connectivity index (χ1n) is 0.850. The van der Waals surface area contributed by atoms with Crippen LogP contribution in [0.4, 0.5) is 0 Å². The Hall–Kier alpha value is -0.660. The molecule has 0 aromatic rings. The summed E-state index contributed by atoms with van der Waals surface area (Å²) < 4.78 is 0. The second-order valence-electron chi connectivity index (χ2n) is 0.298. The Kier molecular flexibility index (Phi) is 1.95. The van der Waals surface area contributed by atoms with Crippen LogP contribution in [0.15, 0.2) is 0 Å². The molecule has 2 nitrogen and oxygen atoms in total. The molecule has 0 saturated heterocycles. The smallest absolute Gasteiger partial charge is 0.272 e. The number of carbonyl (C=O) groups excluding carboxylic acids is 2. The summed E-state index contributed by atoms with van der Waals surface area (Å²) in [5.74, 6) is 0. The van der Waals surface area contributed by atoms with Crippen molar-refractivity contribution >= 4 is 12.6 Å². The standard InChI is InChI=1S/C2H2O2/c3-1-2-4/h1-2H/p+2. The van der Waals surface area contributed by atoms with Crippen LogP contribution in [0, 0.1) is 0 Å². The van der Waals surface area contributed by atoms with E-state index in [2.05, 4.69) is 0 Å². The van der Waals surface area contributed by atoms with Crippen molar-refractivity contribution in [3.8, 4) is 0 Å². The Morgan fingerprint density at radius 1 is 1.00 bits per heavy atom. The van der Waals surface area contributed by atoms with Crippen LogP contribution in [-0.2, 0) is 0 Å². The van der Waals surface area contributed by atoms with Crippen LogP contribution in [-0.4, -0.2) is 22.2 Å². The predicted molar refractivity (Wildman–Crippen MR) is 16.0 cm³/mol. The van der Waals surface area contributed by atoms with Gasteiger partial charge in [-0.05, 0) is 0 Å². The molecule has 0 amide bonds. The van der Waals surface area contributed by atoms with Crippen LogP contribution < -0.4 is 0 Å². The number of rotatable bonds is 1. The fourth-order valence-electron chi connectivity index (χ4n) is 0. The van der Waals surface area contributed by atoms with Crippen LogP contribution in [0.5, 0.6) is 0 Å². The summed E-state index contributed by atoms with van der Waals surface area (Å²) in [7, 11) is 0. The first-order chi connectivity index (χ1) is 1.91. The third kappa shape index (κ3) is 1.34.